The number of alkyl halides is 1. The standard InChI is InChI=1S/C19H17FN2O2/c1-11-3-6-13(7-4-11)22-16(20)10-19(24)17(23)14-8-5-12(2)9-15(14)21-18(19)22/h3-9,16,24H,10H2,1-2H3/t16-,19?/m1/s1. The molecule has 1 saturated heterocycles. The fourth-order valence-corrected chi connectivity index (χ4v) is 3.35. The SMILES string of the molecule is Cc1ccc(N2C3=Nc4cc(C)ccc4C(=O)C3(O)C[C@@H]2F)cc1. The van der Waals surface area contributed by atoms with Crippen molar-refractivity contribution < 1.29 is 14.3 Å². The topological polar surface area (TPSA) is 52.9 Å². The minimum absolute atomic E-state index is 0.0713. The van der Waals surface area contributed by atoms with Crippen molar-refractivity contribution in [2.45, 2.75) is 32.2 Å². The molecular weight excluding hydrogens is 307 g/mol. The maximum Gasteiger partial charge on any atom is 0.204 e. The lowest BCUT2D eigenvalue weighted by Crippen LogP contribution is -2.48. The summed E-state index contributed by atoms with van der Waals surface area (Å²) in [5.41, 5.74) is 1.48. The van der Waals surface area contributed by atoms with Gasteiger partial charge in [0.05, 0.1) is 5.69 Å². The molecule has 122 valence electrons. The van der Waals surface area contributed by atoms with E-state index in [-0.39, 0.29) is 12.3 Å². The number of hydrogen-bond acceptors (Lipinski definition) is 4. The lowest BCUT2D eigenvalue weighted by atomic mass is 9.87. The van der Waals surface area contributed by atoms with Gasteiger partial charge in [-0.15, -0.1) is 0 Å². The van der Waals surface area contributed by atoms with Crippen molar-refractivity contribution in [1.82, 2.24) is 0 Å². The zero-order chi connectivity index (χ0) is 17.1. The molecule has 0 radical (unpaired) electrons. The molecule has 1 unspecified atom stereocenters. The van der Waals surface area contributed by atoms with Crippen molar-refractivity contribution in [3.8, 4) is 0 Å². The Bertz CT molecular complexity index is 875. The van der Waals surface area contributed by atoms with E-state index in [9.17, 15) is 14.3 Å². The molecule has 2 heterocycles. The highest BCUT2D eigenvalue weighted by Gasteiger charge is 2.56. The van der Waals surface area contributed by atoms with Crippen LogP contribution in [-0.4, -0.2) is 28.6 Å². The average Bonchev–Trinajstić information content (AvgIpc) is 2.80. The number of benzene rings is 2. The van der Waals surface area contributed by atoms with Gasteiger partial charge in [0.2, 0.25) is 5.78 Å². The van der Waals surface area contributed by atoms with Crippen molar-refractivity contribution in [1.29, 1.82) is 0 Å². The van der Waals surface area contributed by atoms with E-state index in [1.54, 1.807) is 30.3 Å². The third-order valence-corrected chi connectivity index (χ3v) is 4.65. The summed E-state index contributed by atoms with van der Waals surface area (Å²) in [5.74, 6) is -0.415. The smallest absolute Gasteiger partial charge is 0.204 e. The molecule has 2 aromatic rings. The molecule has 0 spiro atoms. The quantitative estimate of drug-likeness (QED) is 0.817. The maximum absolute atomic E-state index is 14.7. The summed E-state index contributed by atoms with van der Waals surface area (Å²) in [6.45, 7) is 3.84. The van der Waals surface area contributed by atoms with Gasteiger partial charge >= 0.3 is 0 Å². The molecule has 2 aromatic carbocycles. The normalized spacial score (nSPS) is 25.3. The fourth-order valence-electron chi connectivity index (χ4n) is 3.35. The first-order valence-electron chi connectivity index (χ1n) is 7.87. The molecule has 4 nitrogen and oxygen atoms in total. The lowest BCUT2D eigenvalue weighted by molar-refractivity contribution is 0.0549. The third kappa shape index (κ3) is 2.01. The van der Waals surface area contributed by atoms with Crippen molar-refractivity contribution in [2.24, 2.45) is 4.99 Å². The number of aliphatic imine (C=N–C) groups is 1. The zero-order valence-corrected chi connectivity index (χ0v) is 13.5. The number of Topliss-reactive ketones (excluding diaryl/α,β-unsaturated/α-hetero) is 1. The second-order valence-electron chi connectivity index (χ2n) is 6.49. The molecule has 0 bridgehead atoms. The van der Waals surface area contributed by atoms with E-state index in [0.29, 0.717) is 16.9 Å². The Balaban J connectivity index is 1.90. The Hall–Kier alpha value is -2.53. The van der Waals surface area contributed by atoms with Gasteiger partial charge in [0, 0.05) is 17.7 Å². The average molecular weight is 324 g/mol. The highest BCUT2D eigenvalue weighted by molar-refractivity contribution is 6.28. The van der Waals surface area contributed by atoms with E-state index in [1.165, 1.54) is 4.90 Å². The molecule has 5 heteroatoms. The first-order valence-corrected chi connectivity index (χ1v) is 7.87. The summed E-state index contributed by atoms with van der Waals surface area (Å²) in [6.07, 6.45) is -1.82. The van der Waals surface area contributed by atoms with Crippen LogP contribution in [0.3, 0.4) is 0 Å². The first-order chi connectivity index (χ1) is 11.4. The summed E-state index contributed by atoms with van der Waals surface area (Å²) in [5, 5.41) is 10.9. The van der Waals surface area contributed by atoms with Gasteiger partial charge in [0.1, 0.15) is 0 Å². The Kier molecular flexibility index (Phi) is 3.12. The van der Waals surface area contributed by atoms with Crippen LogP contribution in [0, 0.1) is 13.8 Å². The minimum Gasteiger partial charge on any atom is -0.374 e. The molecule has 2 atom stereocenters. The second kappa shape index (κ2) is 4.98. The number of halogens is 1. The van der Waals surface area contributed by atoms with Crippen LogP contribution in [-0.2, 0) is 0 Å². The van der Waals surface area contributed by atoms with Gasteiger partial charge in [-0.25, -0.2) is 9.38 Å². The van der Waals surface area contributed by atoms with Crippen LogP contribution < -0.4 is 4.90 Å². The molecule has 1 fully saturated rings. The van der Waals surface area contributed by atoms with E-state index in [2.05, 4.69) is 4.99 Å². The number of nitrogens with zero attached hydrogens (tertiary/aromatic N) is 2. The molecule has 2 aliphatic heterocycles. The van der Waals surface area contributed by atoms with Crippen LogP contribution in [0.25, 0.3) is 0 Å². The van der Waals surface area contributed by atoms with Crippen LogP contribution >= 0.6 is 0 Å². The van der Waals surface area contributed by atoms with Crippen molar-refractivity contribution in [2.75, 3.05) is 4.90 Å². The van der Waals surface area contributed by atoms with E-state index in [1.807, 2.05) is 26.0 Å². The van der Waals surface area contributed by atoms with Crippen LogP contribution in [0.1, 0.15) is 27.9 Å². The van der Waals surface area contributed by atoms with E-state index < -0.39 is 17.7 Å². The number of aliphatic hydroxyl groups is 1. The highest BCUT2D eigenvalue weighted by atomic mass is 19.1. The van der Waals surface area contributed by atoms with Gasteiger partial charge < -0.3 is 5.11 Å². The van der Waals surface area contributed by atoms with Crippen LogP contribution in [0.15, 0.2) is 47.5 Å². The summed E-state index contributed by atoms with van der Waals surface area (Å²) < 4.78 is 14.7. The molecule has 0 aromatic heterocycles. The summed E-state index contributed by atoms with van der Waals surface area (Å²) in [6, 6.07) is 12.5. The number of carbonyl (C=O) groups excluding carboxylic acids is 1. The fraction of sp³-hybridized carbons (Fsp3) is 0.263. The zero-order valence-electron chi connectivity index (χ0n) is 13.5. The molecule has 0 aliphatic carbocycles. The Morgan fingerprint density at radius 1 is 1.17 bits per heavy atom. The van der Waals surface area contributed by atoms with Gasteiger partial charge in [-0.05, 0) is 43.7 Å². The number of aryl methyl sites for hydroxylation is 2. The highest BCUT2D eigenvalue weighted by Crippen LogP contribution is 2.42. The van der Waals surface area contributed by atoms with Crippen molar-refractivity contribution >= 4 is 23.0 Å². The molecule has 0 saturated carbocycles. The van der Waals surface area contributed by atoms with Crippen LogP contribution in [0.5, 0.6) is 0 Å². The maximum atomic E-state index is 14.7. The minimum atomic E-state index is -1.91. The number of rotatable bonds is 1. The van der Waals surface area contributed by atoms with Crippen molar-refractivity contribution in [3.05, 3.63) is 59.2 Å². The second-order valence-corrected chi connectivity index (χ2v) is 6.49. The summed E-state index contributed by atoms with van der Waals surface area (Å²) >= 11 is 0. The molecule has 4 rings (SSSR count). The molecular formula is C19H17FN2O2. The molecule has 0 amide bonds. The van der Waals surface area contributed by atoms with Crippen LogP contribution in [0.4, 0.5) is 15.8 Å². The largest absolute Gasteiger partial charge is 0.374 e. The van der Waals surface area contributed by atoms with E-state index >= 15 is 0 Å². The van der Waals surface area contributed by atoms with Gasteiger partial charge in [-0.3, -0.25) is 9.69 Å². The van der Waals surface area contributed by atoms with E-state index in [0.717, 1.165) is 11.1 Å². The number of fused-ring (bicyclic) bond motifs is 2. The monoisotopic (exact) mass is 324 g/mol. The predicted octanol–water partition coefficient (Wildman–Crippen LogP) is 3.47. The first kappa shape index (κ1) is 15.0. The lowest BCUT2D eigenvalue weighted by Gasteiger charge is -2.29. The third-order valence-electron chi connectivity index (χ3n) is 4.65. The predicted molar refractivity (Wildman–Crippen MR) is 90.7 cm³/mol. The Morgan fingerprint density at radius 3 is 2.54 bits per heavy atom. The van der Waals surface area contributed by atoms with Gasteiger partial charge in [-0.1, -0.05) is 23.8 Å². The van der Waals surface area contributed by atoms with Crippen molar-refractivity contribution in [3.63, 3.8) is 0 Å². The number of amidine groups is 1. The van der Waals surface area contributed by atoms with E-state index in [4.69, 9.17) is 0 Å². The Labute approximate surface area is 139 Å². The van der Waals surface area contributed by atoms with Crippen LogP contribution in [0.2, 0.25) is 0 Å². The number of anilines is 1. The molecule has 1 N–H and O–H groups in total. The van der Waals surface area contributed by atoms with Gasteiger partial charge in [0.15, 0.2) is 17.7 Å². The summed E-state index contributed by atoms with van der Waals surface area (Å²) in [7, 11) is 0. The van der Waals surface area contributed by atoms with Gasteiger partial charge in [0.25, 0.3) is 0 Å². The summed E-state index contributed by atoms with van der Waals surface area (Å²) in [4.78, 5) is 18.6. The number of hydrogen-bond donors (Lipinski definition) is 1. The van der Waals surface area contributed by atoms with Gasteiger partial charge in [-0.2, -0.15) is 0 Å². The molecule has 2 aliphatic rings. The number of carbonyl (C=O) groups is 1. The Morgan fingerprint density at radius 2 is 1.83 bits per heavy atom. The molecule has 24 heavy (non-hydrogen) atoms. The number of ketones is 1.